The highest BCUT2D eigenvalue weighted by atomic mass is 19.1. The van der Waals surface area contributed by atoms with Gasteiger partial charge in [0.05, 0.1) is 0 Å². The highest BCUT2D eigenvalue weighted by Crippen LogP contribution is 2.24. The molecule has 0 bridgehead atoms. The number of alkyl halides is 1. The number of alkyl carbamates (subject to hydrolysis) is 1. The van der Waals surface area contributed by atoms with Crippen LogP contribution in [0.2, 0.25) is 0 Å². The molecule has 0 spiro atoms. The van der Waals surface area contributed by atoms with Gasteiger partial charge in [-0.3, -0.25) is 9.59 Å². The van der Waals surface area contributed by atoms with E-state index in [9.17, 15) is 23.6 Å². The maximum atomic E-state index is 13.9. The van der Waals surface area contributed by atoms with Crippen molar-refractivity contribution in [2.45, 2.75) is 97.4 Å². The molecule has 264 valence electrons. The standard InChI is InChI=1S/C38H48FN3O7/c1-6-7-14-21-40-34(43)31(41-35(44)32(23-27-15-10-8-11-16-27)42-37(46)49-38(3,4)5)24-29-19-20-33(48-26(2)39)30(22-29)36(45)47-25-28-17-12-9-13-18-28/h8-13,15-20,22,26,31-32H,6-7,14,21,23-25H2,1-5H3,(H,40,43)(H,41,44)(H,42,46)/t26?,31-,32?/m0/s1. The predicted octanol–water partition coefficient (Wildman–Crippen LogP) is 6.21. The normalized spacial score (nSPS) is 12.9. The van der Waals surface area contributed by atoms with Gasteiger partial charge in [-0.05, 0) is 56.0 Å². The third-order valence-corrected chi connectivity index (χ3v) is 7.21. The Bertz CT molecular complexity index is 1510. The molecular weight excluding hydrogens is 629 g/mol. The van der Waals surface area contributed by atoms with E-state index in [1.54, 1.807) is 39.0 Å². The summed E-state index contributed by atoms with van der Waals surface area (Å²) >= 11 is 0. The molecular formula is C38H48FN3O7. The zero-order chi connectivity index (χ0) is 35.8. The Morgan fingerprint density at radius 2 is 1.39 bits per heavy atom. The van der Waals surface area contributed by atoms with Gasteiger partial charge < -0.3 is 30.2 Å². The molecule has 2 unspecified atom stereocenters. The summed E-state index contributed by atoms with van der Waals surface area (Å²) in [5.41, 5.74) is 1.21. The van der Waals surface area contributed by atoms with Gasteiger partial charge >= 0.3 is 12.1 Å². The molecule has 3 amide bonds. The zero-order valence-electron chi connectivity index (χ0n) is 28.9. The first-order valence-corrected chi connectivity index (χ1v) is 16.6. The first kappa shape index (κ1) is 38.5. The van der Waals surface area contributed by atoms with Crippen LogP contribution in [-0.2, 0) is 38.5 Å². The monoisotopic (exact) mass is 677 g/mol. The summed E-state index contributed by atoms with van der Waals surface area (Å²) in [6, 6.07) is 20.6. The number of hydrogen-bond acceptors (Lipinski definition) is 7. The average Bonchev–Trinajstić information content (AvgIpc) is 3.05. The quantitative estimate of drug-likeness (QED) is 0.114. The van der Waals surface area contributed by atoms with Crippen LogP contribution in [0.5, 0.6) is 5.75 Å². The summed E-state index contributed by atoms with van der Waals surface area (Å²) in [6.45, 7) is 8.78. The number of rotatable bonds is 17. The fourth-order valence-electron chi connectivity index (χ4n) is 4.88. The molecule has 3 atom stereocenters. The highest BCUT2D eigenvalue weighted by molar-refractivity contribution is 5.93. The molecule has 0 heterocycles. The molecule has 3 rings (SSSR count). The molecule has 10 nitrogen and oxygen atoms in total. The van der Waals surface area contributed by atoms with Crippen LogP contribution in [0.1, 0.15) is 80.9 Å². The second kappa shape index (κ2) is 19.2. The van der Waals surface area contributed by atoms with E-state index in [0.29, 0.717) is 12.1 Å². The third kappa shape index (κ3) is 14.0. The molecule has 0 fully saturated rings. The SMILES string of the molecule is CCCCCNC(=O)[C@H](Cc1ccc(OC(C)F)c(C(=O)OCc2ccccc2)c1)NC(=O)C(Cc1ccccc1)NC(=O)OC(C)(C)C. The van der Waals surface area contributed by atoms with Gasteiger partial charge in [-0.1, -0.05) is 86.5 Å². The molecule has 49 heavy (non-hydrogen) atoms. The van der Waals surface area contributed by atoms with E-state index in [2.05, 4.69) is 22.9 Å². The Kier molecular flexibility index (Phi) is 15.1. The van der Waals surface area contributed by atoms with Crippen LogP contribution in [0, 0.1) is 0 Å². The summed E-state index contributed by atoms with van der Waals surface area (Å²) in [7, 11) is 0. The van der Waals surface area contributed by atoms with Gasteiger partial charge in [0.25, 0.3) is 0 Å². The topological polar surface area (TPSA) is 132 Å². The first-order valence-electron chi connectivity index (χ1n) is 16.6. The van der Waals surface area contributed by atoms with Crippen molar-refractivity contribution in [2.75, 3.05) is 6.54 Å². The minimum absolute atomic E-state index is 0.0131. The van der Waals surface area contributed by atoms with Gasteiger partial charge in [0.15, 0.2) is 0 Å². The smallest absolute Gasteiger partial charge is 0.408 e. The highest BCUT2D eigenvalue weighted by Gasteiger charge is 2.29. The number of unbranched alkanes of at least 4 members (excludes halogenated alkanes) is 2. The van der Waals surface area contributed by atoms with E-state index in [4.69, 9.17) is 14.2 Å². The third-order valence-electron chi connectivity index (χ3n) is 7.21. The van der Waals surface area contributed by atoms with Gasteiger partial charge in [0, 0.05) is 26.3 Å². The number of nitrogens with one attached hydrogen (secondary N) is 3. The number of benzene rings is 3. The fraction of sp³-hybridized carbons (Fsp3) is 0.421. The van der Waals surface area contributed by atoms with Crippen molar-refractivity contribution in [2.24, 2.45) is 0 Å². The lowest BCUT2D eigenvalue weighted by Gasteiger charge is -2.25. The Morgan fingerprint density at radius 1 is 0.776 bits per heavy atom. The van der Waals surface area contributed by atoms with E-state index in [0.717, 1.165) is 30.4 Å². The number of halogens is 1. The van der Waals surface area contributed by atoms with Crippen molar-refractivity contribution in [1.82, 2.24) is 16.0 Å². The average molecular weight is 678 g/mol. The molecule has 0 aliphatic heterocycles. The number of hydrogen-bond donors (Lipinski definition) is 3. The van der Waals surface area contributed by atoms with Crippen LogP contribution < -0.4 is 20.7 Å². The van der Waals surface area contributed by atoms with Gasteiger partial charge in [0.2, 0.25) is 18.2 Å². The molecule has 11 heteroatoms. The largest absolute Gasteiger partial charge is 0.460 e. The number of carbonyl (C=O) groups is 4. The number of amides is 3. The summed E-state index contributed by atoms with van der Waals surface area (Å²) < 4.78 is 30.1. The number of carbonyl (C=O) groups excluding carboxylic acids is 4. The lowest BCUT2D eigenvalue weighted by molar-refractivity contribution is -0.130. The minimum atomic E-state index is -1.70. The summed E-state index contributed by atoms with van der Waals surface area (Å²) in [5.74, 6) is -1.80. The summed E-state index contributed by atoms with van der Waals surface area (Å²) in [5, 5.41) is 8.34. The van der Waals surface area contributed by atoms with Crippen LogP contribution in [0.15, 0.2) is 78.9 Å². The van der Waals surface area contributed by atoms with Crippen LogP contribution in [0.4, 0.5) is 9.18 Å². The molecule has 0 aliphatic rings. The Balaban J connectivity index is 1.89. The van der Waals surface area contributed by atoms with Crippen LogP contribution >= 0.6 is 0 Å². The van der Waals surface area contributed by atoms with Crippen molar-refractivity contribution >= 4 is 23.9 Å². The fourth-order valence-corrected chi connectivity index (χ4v) is 4.88. The maximum Gasteiger partial charge on any atom is 0.408 e. The Morgan fingerprint density at radius 3 is 2.00 bits per heavy atom. The Hall–Kier alpha value is -4.93. The van der Waals surface area contributed by atoms with Gasteiger partial charge in [-0.2, -0.15) is 0 Å². The van der Waals surface area contributed by atoms with Crippen molar-refractivity contribution in [3.05, 3.63) is 101 Å². The molecule has 0 radical (unpaired) electrons. The molecule has 3 N–H and O–H groups in total. The second-order valence-electron chi connectivity index (χ2n) is 12.7. The number of ether oxygens (including phenoxy) is 3. The van der Waals surface area contributed by atoms with Crippen molar-refractivity contribution in [3.8, 4) is 5.75 Å². The van der Waals surface area contributed by atoms with Crippen molar-refractivity contribution in [1.29, 1.82) is 0 Å². The minimum Gasteiger partial charge on any atom is -0.460 e. The van der Waals surface area contributed by atoms with E-state index in [1.165, 1.54) is 19.1 Å². The summed E-state index contributed by atoms with van der Waals surface area (Å²) in [4.78, 5) is 53.3. The van der Waals surface area contributed by atoms with Gasteiger partial charge in [0.1, 0.15) is 35.6 Å². The molecule has 0 saturated heterocycles. The number of esters is 1. The zero-order valence-corrected chi connectivity index (χ0v) is 28.9. The van der Waals surface area contributed by atoms with Crippen LogP contribution in [0.3, 0.4) is 0 Å². The van der Waals surface area contributed by atoms with E-state index < -0.39 is 47.9 Å². The molecule has 3 aromatic rings. The molecule has 0 saturated carbocycles. The maximum absolute atomic E-state index is 13.9. The van der Waals surface area contributed by atoms with E-state index in [-0.39, 0.29) is 30.8 Å². The van der Waals surface area contributed by atoms with E-state index in [1.807, 2.05) is 48.5 Å². The van der Waals surface area contributed by atoms with Crippen molar-refractivity contribution < 1.29 is 37.8 Å². The lowest BCUT2D eigenvalue weighted by Crippen LogP contribution is -2.55. The Labute approximate surface area is 288 Å². The second-order valence-corrected chi connectivity index (χ2v) is 12.7. The van der Waals surface area contributed by atoms with Crippen LogP contribution in [0.25, 0.3) is 0 Å². The first-order chi connectivity index (χ1) is 23.3. The lowest BCUT2D eigenvalue weighted by atomic mass is 10.0. The molecule has 0 aromatic heterocycles. The van der Waals surface area contributed by atoms with Crippen molar-refractivity contribution in [3.63, 3.8) is 0 Å². The summed E-state index contributed by atoms with van der Waals surface area (Å²) in [6.07, 6.45) is 0.265. The van der Waals surface area contributed by atoms with Gasteiger partial charge in [-0.15, -0.1) is 0 Å². The molecule has 3 aromatic carbocycles. The van der Waals surface area contributed by atoms with E-state index >= 15 is 0 Å². The van der Waals surface area contributed by atoms with Gasteiger partial charge in [-0.25, -0.2) is 14.0 Å². The molecule has 0 aliphatic carbocycles. The predicted molar refractivity (Wildman–Crippen MR) is 185 cm³/mol. The van der Waals surface area contributed by atoms with Crippen LogP contribution in [-0.4, -0.2) is 54.5 Å².